The number of aryl methyl sites for hydroxylation is 1. The molecule has 0 aliphatic heterocycles. The number of amides is 1. The summed E-state index contributed by atoms with van der Waals surface area (Å²) in [5.74, 6) is -0.209. The summed E-state index contributed by atoms with van der Waals surface area (Å²) in [5, 5.41) is 1.40. The number of carbonyl (C=O) groups is 1. The maximum absolute atomic E-state index is 11.7. The number of nitrogens with one attached hydrogen (secondary N) is 1. The third-order valence-corrected chi connectivity index (χ3v) is 4.23. The zero-order valence-corrected chi connectivity index (χ0v) is 12.1. The van der Waals surface area contributed by atoms with E-state index in [4.69, 9.17) is 0 Å². The fourth-order valence-electron chi connectivity index (χ4n) is 1.08. The van der Waals surface area contributed by atoms with Crippen LogP contribution >= 0.6 is 15.9 Å². The number of aromatic nitrogens is 1. The number of anilines is 1. The quantitative estimate of drug-likeness (QED) is 0.916. The van der Waals surface area contributed by atoms with Crippen LogP contribution in [0, 0.1) is 6.92 Å². The molecule has 0 saturated carbocycles. The van der Waals surface area contributed by atoms with Gasteiger partial charge < -0.3 is 5.32 Å². The van der Waals surface area contributed by atoms with Gasteiger partial charge in [0, 0.05) is 16.9 Å². The SMILES string of the molecule is Cc1cc(Br)cnc1NC(=O)C(C)S(C)(=O)=O. The van der Waals surface area contributed by atoms with Crippen molar-refractivity contribution in [2.45, 2.75) is 19.1 Å². The lowest BCUT2D eigenvalue weighted by atomic mass is 10.3. The number of sulfone groups is 1. The zero-order chi connectivity index (χ0) is 13.2. The minimum atomic E-state index is -3.39. The molecule has 7 heteroatoms. The van der Waals surface area contributed by atoms with Gasteiger partial charge in [-0.1, -0.05) is 0 Å². The molecule has 1 rings (SSSR count). The highest BCUT2D eigenvalue weighted by atomic mass is 79.9. The van der Waals surface area contributed by atoms with Crippen LogP contribution in [0.25, 0.3) is 0 Å². The average Bonchev–Trinajstić information content (AvgIpc) is 2.19. The van der Waals surface area contributed by atoms with Crippen molar-refractivity contribution in [3.05, 3.63) is 22.3 Å². The van der Waals surface area contributed by atoms with E-state index in [0.717, 1.165) is 16.3 Å². The lowest BCUT2D eigenvalue weighted by molar-refractivity contribution is -0.115. The number of pyridine rings is 1. The molecule has 94 valence electrons. The minimum Gasteiger partial charge on any atom is -0.309 e. The fourth-order valence-corrected chi connectivity index (χ4v) is 1.98. The number of hydrogen-bond donors (Lipinski definition) is 1. The summed E-state index contributed by atoms with van der Waals surface area (Å²) in [4.78, 5) is 15.7. The molecule has 0 aromatic carbocycles. The Morgan fingerprint density at radius 1 is 1.53 bits per heavy atom. The Labute approximate surface area is 109 Å². The van der Waals surface area contributed by atoms with Gasteiger partial charge in [-0.15, -0.1) is 0 Å². The van der Waals surface area contributed by atoms with Gasteiger partial charge >= 0.3 is 0 Å². The van der Waals surface area contributed by atoms with Gasteiger partial charge in [0.2, 0.25) is 5.91 Å². The van der Waals surface area contributed by atoms with Crippen molar-refractivity contribution in [1.29, 1.82) is 0 Å². The van der Waals surface area contributed by atoms with Crippen molar-refractivity contribution in [3.63, 3.8) is 0 Å². The minimum absolute atomic E-state index is 0.369. The number of rotatable bonds is 3. The second-order valence-electron chi connectivity index (χ2n) is 3.78. The highest BCUT2D eigenvalue weighted by Gasteiger charge is 2.24. The standard InChI is InChI=1S/C10H13BrN2O3S/c1-6-4-8(11)5-12-9(6)13-10(14)7(2)17(3,15)16/h4-5,7H,1-3H3,(H,12,13,14). The molecule has 1 amide bonds. The molecule has 1 heterocycles. The number of nitrogens with zero attached hydrogens (tertiary/aromatic N) is 1. The van der Waals surface area contributed by atoms with E-state index in [-0.39, 0.29) is 0 Å². The summed E-state index contributed by atoms with van der Waals surface area (Å²) >= 11 is 3.25. The number of carbonyl (C=O) groups excluding carboxylic acids is 1. The maximum Gasteiger partial charge on any atom is 0.243 e. The smallest absolute Gasteiger partial charge is 0.243 e. The van der Waals surface area contributed by atoms with Gasteiger partial charge in [0.25, 0.3) is 0 Å². The first-order chi connectivity index (χ1) is 7.71. The molecule has 1 aromatic rings. The molecule has 0 radical (unpaired) electrons. The van der Waals surface area contributed by atoms with E-state index in [1.807, 2.05) is 0 Å². The normalized spacial score (nSPS) is 13.2. The maximum atomic E-state index is 11.7. The molecule has 5 nitrogen and oxygen atoms in total. The van der Waals surface area contributed by atoms with Crippen molar-refractivity contribution in [3.8, 4) is 0 Å². The van der Waals surface area contributed by atoms with Crippen molar-refractivity contribution < 1.29 is 13.2 Å². The van der Waals surface area contributed by atoms with Gasteiger partial charge in [-0.3, -0.25) is 4.79 Å². The van der Waals surface area contributed by atoms with Crippen molar-refractivity contribution in [2.24, 2.45) is 0 Å². The van der Waals surface area contributed by atoms with Gasteiger partial charge in [-0.2, -0.15) is 0 Å². The third kappa shape index (κ3) is 3.78. The third-order valence-electron chi connectivity index (χ3n) is 2.30. The van der Waals surface area contributed by atoms with E-state index in [0.29, 0.717) is 5.82 Å². The summed E-state index contributed by atoms with van der Waals surface area (Å²) in [5.41, 5.74) is 0.758. The summed E-state index contributed by atoms with van der Waals surface area (Å²) in [6.07, 6.45) is 2.56. The Kier molecular flexibility index (Phi) is 4.26. The molecule has 0 fully saturated rings. The summed E-state index contributed by atoms with van der Waals surface area (Å²) in [6, 6.07) is 1.79. The van der Waals surface area contributed by atoms with Gasteiger partial charge in [-0.05, 0) is 41.4 Å². The molecule has 1 atom stereocenters. The molecule has 0 aliphatic carbocycles. The lowest BCUT2D eigenvalue weighted by Gasteiger charge is -2.11. The van der Waals surface area contributed by atoms with Crippen LogP contribution < -0.4 is 5.32 Å². The molecule has 0 aliphatic rings. The Morgan fingerprint density at radius 3 is 2.59 bits per heavy atom. The fraction of sp³-hybridized carbons (Fsp3) is 0.400. The first-order valence-corrected chi connectivity index (χ1v) is 7.58. The Hall–Kier alpha value is -0.950. The van der Waals surface area contributed by atoms with Gasteiger partial charge in [0.1, 0.15) is 11.1 Å². The topological polar surface area (TPSA) is 76.1 Å². The van der Waals surface area contributed by atoms with Crippen molar-refractivity contribution in [2.75, 3.05) is 11.6 Å². The second-order valence-corrected chi connectivity index (χ2v) is 7.06. The van der Waals surface area contributed by atoms with Gasteiger partial charge in [0.15, 0.2) is 9.84 Å². The molecule has 1 N–H and O–H groups in total. The van der Waals surface area contributed by atoms with Crippen molar-refractivity contribution in [1.82, 2.24) is 4.98 Å². The molecule has 1 unspecified atom stereocenters. The first kappa shape index (κ1) is 14.1. The van der Waals surface area contributed by atoms with Crippen LogP contribution in [-0.2, 0) is 14.6 Å². The highest BCUT2D eigenvalue weighted by Crippen LogP contribution is 2.17. The van der Waals surface area contributed by atoms with Crippen LogP contribution in [0.5, 0.6) is 0 Å². The summed E-state index contributed by atoms with van der Waals surface area (Å²) in [7, 11) is -3.39. The van der Waals surface area contributed by atoms with E-state index < -0.39 is 21.0 Å². The predicted octanol–water partition coefficient (Wildman–Crippen LogP) is 1.52. The lowest BCUT2D eigenvalue weighted by Crippen LogP contribution is -2.32. The van der Waals surface area contributed by atoms with Gasteiger partial charge in [-0.25, -0.2) is 13.4 Å². The average molecular weight is 321 g/mol. The van der Waals surface area contributed by atoms with Gasteiger partial charge in [0.05, 0.1) is 0 Å². The molecule has 0 saturated heterocycles. The van der Waals surface area contributed by atoms with E-state index >= 15 is 0 Å². The Balaban J connectivity index is 2.89. The van der Waals surface area contributed by atoms with Crippen LogP contribution in [0.1, 0.15) is 12.5 Å². The largest absolute Gasteiger partial charge is 0.309 e. The van der Waals surface area contributed by atoms with Crippen LogP contribution in [0.15, 0.2) is 16.7 Å². The Bertz CT molecular complexity index is 542. The number of halogens is 1. The summed E-state index contributed by atoms with van der Waals surface area (Å²) in [6.45, 7) is 3.12. The summed E-state index contributed by atoms with van der Waals surface area (Å²) < 4.78 is 23.2. The molecule has 0 bridgehead atoms. The van der Waals surface area contributed by atoms with Crippen LogP contribution in [0.4, 0.5) is 5.82 Å². The van der Waals surface area contributed by atoms with E-state index in [1.54, 1.807) is 13.0 Å². The van der Waals surface area contributed by atoms with Crippen LogP contribution in [0.2, 0.25) is 0 Å². The van der Waals surface area contributed by atoms with Crippen LogP contribution in [0.3, 0.4) is 0 Å². The molecular weight excluding hydrogens is 308 g/mol. The van der Waals surface area contributed by atoms with E-state index in [2.05, 4.69) is 26.2 Å². The second kappa shape index (κ2) is 5.14. The predicted molar refractivity (Wildman–Crippen MR) is 69.6 cm³/mol. The number of hydrogen-bond acceptors (Lipinski definition) is 4. The molecule has 17 heavy (non-hydrogen) atoms. The van der Waals surface area contributed by atoms with E-state index in [1.165, 1.54) is 13.1 Å². The highest BCUT2D eigenvalue weighted by molar-refractivity contribution is 9.10. The Morgan fingerprint density at radius 2 is 2.12 bits per heavy atom. The van der Waals surface area contributed by atoms with E-state index in [9.17, 15) is 13.2 Å². The zero-order valence-electron chi connectivity index (χ0n) is 9.69. The van der Waals surface area contributed by atoms with Crippen LogP contribution in [-0.4, -0.2) is 30.8 Å². The molecule has 0 spiro atoms. The molecule has 1 aromatic heterocycles. The molecular formula is C10H13BrN2O3S. The van der Waals surface area contributed by atoms with Crippen molar-refractivity contribution >= 4 is 37.5 Å². The first-order valence-electron chi connectivity index (χ1n) is 4.83. The monoisotopic (exact) mass is 320 g/mol.